The first-order chi connectivity index (χ1) is 13.9. The number of primary amides is 1. The molecule has 4 amide bonds. The molecule has 0 aliphatic carbocycles. The minimum absolute atomic E-state index is 0.0201. The van der Waals surface area contributed by atoms with Gasteiger partial charge in [-0.3, -0.25) is 19.2 Å². The number of thiol groups is 2. The SMILES string of the molecule is CC(C)CC(NC(=O)C(N)CS)C(=O)NC(CCC(N)=O)C(=O)NC(CS)C(=O)O. The third kappa shape index (κ3) is 10.7. The first kappa shape index (κ1) is 28.0. The zero-order chi connectivity index (χ0) is 23.4. The van der Waals surface area contributed by atoms with E-state index in [0.717, 1.165) is 0 Å². The van der Waals surface area contributed by atoms with Crippen molar-refractivity contribution < 1.29 is 29.1 Å². The van der Waals surface area contributed by atoms with Crippen LogP contribution in [0.15, 0.2) is 0 Å². The predicted octanol–water partition coefficient (Wildman–Crippen LogP) is -1.98. The zero-order valence-corrected chi connectivity index (χ0v) is 18.7. The fourth-order valence-corrected chi connectivity index (χ4v) is 2.76. The molecule has 0 spiro atoms. The van der Waals surface area contributed by atoms with Crippen LogP contribution in [0.5, 0.6) is 0 Å². The molecule has 0 aromatic rings. The van der Waals surface area contributed by atoms with Gasteiger partial charge in [-0.2, -0.15) is 25.3 Å². The molecule has 0 saturated heterocycles. The van der Waals surface area contributed by atoms with Crippen molar-refractivity contribution in [1.29, 1.82) is 0 Å². The van der Waals surface area contributed by atoms with Gasteiger partial charge in [0.15, 0.2) is 0 Å². The maximum Gasteiger partial charge on any atom is 0.327 e. The molecule has 13 heteroatoms. The highest BCUT2D eigenvalue weighted by atomic mass is 32.1. The van der Waals surface area contributed by atoms with Crippen LogP contribution >= 0.6 is 25.3 Å². The van der Waals surface area contributed by atoms with Gasteiger partial charge in [-0.25, -0.2) is 4.79 Å². The summed E-state index contributed by atoms with van der Waals surface area (Å²) in [7, 11) is 0. The fraction of sp³-hybridized carbons (Fsp3) is 0.706. The van der Waals surface area contributed by atoms with Crippen molar-refractivity contribution in [2.24, 2.45) is 17.4 Å². The summed E-state index contributed by atoms with van der Waals surface area (Å²) in [5, 5.41) is 16.3. The zero-order valence-electron chi connectivity index (χ0n) is 17.0. The Morgan fingerprint density at radius 2 is 1.37 bits per heavy atom. The van der Waals surface area contributed by atoms with E-state index in [4.69, 9.17) is 16.6 Å². The summed E-state index contributed by atoms with van der Waals surface area (Å²) in [4.78, 5) is 59.6. The van der Waals surface area contributed by atoms with Gasteiger partial charge < -0.3 is 32.5 Å². The molecular formula is C17H31N5O6S2. The van der Waals surface area contributed by atoms with Gasteiger partial charge >= 0.3 is 5.97 Å². The molecule has 30 heavy (non-hydrogen) atoms. The lowest BCUT2D eigenvalue weighted by Crippen LogP contribution is -2.57. The maximum atomic E-state index is 12.8. The topological polar surface area (TPSA) is 194 Å². The fourth-order valence-electron chi connectivity index (χ4n) is 2.35. The number of carbonyl (C=O) groups excluding carboxylic acids is 4. The maximum absolute atomic E-state index is 12.8. The van der Waals surface area contributed by atoms with Crippen LogP contribution in [0.1, 0.15) is 33.1 Å². The smallest absolute Gasteiger partial charge is 0.327 e. The Bertz CT molecular complexity index is 634. The number of hydrogen-bond donors (Lipinski definition) is 8. The molecule has 0 aliphatic heterocycles. The summed E-state index contributed by atoms with van der Waals surface area (Å²) >= 11 is 7.81. The predicted molar refractivity (Wildman–Crippen MR) is 117 cm³/mol. The molecule has 8 N–H and O–H groups in total. The highest BCUT2D eigenvalue weighted by molar-refractivity contribution is 7.80. The molecule has 0 fully saturated rings. The van der Waals surface area contributed by atoms with Crippen LogP contribution < -0.4 is 27.4 Å². The summed E-state index contributed by atoms with van der Waals surface area (Å²) in [6.07, 6.45) is -0.109. The van der Waals surface area contributed by atoms with Gasteiger partial charge in [0.25, 0.3) is 0 Å². The van der Waals surface area contributed by atoms with Crippen molar-refractivity contribution in [2.45, 2.75) is 57.3 Å². The summed E-state index contributed by atoms with van der Waals surface area (Å²) in [6, 6.07) is -4.44. The monoisotopic (exact) mass is 465 g/mol. The van der Waals surface area contributed by atoms with Crippen LogP contribution in [-0.2, 0) is 24.0 Å². The number of carboxylic acid groups (broad SMARTS) is 1. The Morgan fingerprint density at radius 1 is 0.867 bits per heavy atom. The molecule has 4 atom stereocenters. The first-order valence-electron chi connectivity index (χ1n) is 9.32. The van der Waals surface area contributed by atoms with Gasteiger partial charge in [-0.05, 0) is 18.8 Å². The van der Waals surface area contributed by atoms with Crippen LogP contribution in [0.3, 0.4) is 0 Å². The van der Waals surface area contributed by atoms with Crippen LogP contribution in [-0.4, -0.2) is 70.4 Å². The van der Waals surface area contributed by atoms with Gasteiger partial charge in [0, 0.05) is 17.9 Å². The molecule has 0 aromatic heterocycles. The average Bonchev–Trinajstić information content (AvgIpc) is 2.66. The normalized spacial score (nSPS) is 14.9. The van der Waals surface area contributed by atoms with Crippen molar-refractivity contribution >= 4 is 54.9 Å². The van der Waals surface area contributed by atoms with E-state index in [2.05, 4.69) is 41.2 Å². The Balaban J connectivity index is 5.43. The molecule has 0 aliphatic rings. The van der Waals surface area contributed by atoms with Crippen LogP contribution in [0.25, 0.3) is 0 Å². The Hall–Kier alpha value is -1.99. The van der Waals surface area contributed by atoms with E-state index < -0.39 is 53.8 Å². The number of carboxylic acids is 1. The molecule has 11 nitrogen and oxygen atoms in total. The van der Waals surface area contributed by atoms with Gasteiger partial charge in [-0.1, -0.05) is 13.8 Å². The lowest BCUT2D eigenvalue weighted by atomic mass is 10.0. The van der Waals surface area contributed by atoms with Crippen molar-refractivity contribution in [1.82, 2.24) is 16.0 Å². The average molecular weight is 466 g/mol. The minimum Gasteiger partial charge on any atom is -0.480 e. The van der Waals surface area contributed by atoms with Crippen LogP contribution in [0, 0.1) is 5.92 Å². The third-order valence-electron chi connectivity index (χ3n) is 3.98. The van der Waals surface area contributed by atoms with Gasteiger partial charge in [0.05, 0.1) is 6.04 Å². The summed E-state index contributed by atoms with van der Waals surface area (Å²) < 4.78 is 0. The van der Waals surface area contributed by atoms with E-state index in [1.54, 1.807) is 0 Å². The minimum atomic E-state index is -1.30. The second-order valence-corrected chi connectivity index (χ2v) is 7.86. The molecule has 4 unspecified atom stereocenters. The lowest BCUT2D eigenvalue weighted by Gasteiger charge is -2.25. The quantitative estimate of drug-likeness (QED) is 0.136. The molecule has 0 aromatic carbocycles. The van der Waals surface area contributed by atoms with E-state index in [1.807, 2.05) is 13.8 Å². The molecular weight excluding hydrogens is 434 g/mol. The van der Waals surface area contributed by atoms with Crippen molar-refractivity contribution in [3.8, 4) is 0 Å². The Labute approximate surface area is 186 Å². The van der Waals surface area contributed by atoms with E-state index in [-0.39, 0.29) is 36.7 Å². The molecule has 0 saturated carbocycles. The number of rotatable bonds is 14. The Morgan fingerprint density at radius 3 is 1.80 bits per heavy atom. The van der Waals surface area contributed by atoms with E-state index in [0.29, 0.717) is 0 Å². The molecule has 0 rings (SSSR count). The van der Waals surface area contributed by atoms with E-state index in [9.17, 15) is 24.0 Å². The number of carbonyl (C=O) groups is 5. The summed E-state index contributed by atoms with van der Waals surface area (Å²) in [5.74, 6) is -4.14. The van der Waals surface area contributed by atoms with Gasteiger partial charge in [0.2, 0.25) is 23.6 Å². The molecule has 0 bridgehead atoms. The number of nitrogens with two attached hydrogens (primary N) is 2. The first-order valence-corrected chi connectivity index (χ1v) is 10.6. The Kier molecular flexibility index (Phi) is 13.2. The molecule has 0 heterocycles. The van der Waals surface area contributed by atoms with Gasteiger partial charge in [0.1, 0.15) is 18.1 Å². The standard InChI is InChI=1S/C17H31N5O6S2/c1-8(2)5-11(21-14(24)9(18)6-29)16(26)20-10(3-4-13(19)23)15(25)22-12(7-30)17(27)28/h8-12,29-30H,3-7,18H2,1-2H3,(H2,19,23)(H,20,26)(H,21,24)(H,22,25)(H,27,28). The second kappa shape index (κ2) is 14.1. The number of nitrogens with one attached hydrogen (secondary N) is 3. The number of hydrogen-bond acceptors (Lipinski definition) is 8. The third-order valence-corrected chi connectivity index (χ3v) is 4.74. The van der Waals surface area contributed by atoms with Crippen molar-refractivity contribution in [2.75, 3.05) is 11.5 Å². The van der Waals surface area contributed by atoms with Crippen LogP contribution in [0.2, 0.25) is 0 Å². The summed E-state index contributed by atoms with van der Waals surface area (Å²) in [6.45, 7) is 3.68. The highest BCUT2D eigenvalue weighted by Crippen LogP contribution is 2.08. The molecule has 172 valence electrons. The molecule has 0 radical (unpaired) electrons. The summed E-state index contributed by atoms with van der Waals surface area (Å²) in [5.41, 5.74) is 10.7. The van der Waals surface area contributed by atoms with E-state index >= 15 is 0 Å². The van der Waals surface area contributed by atoms with Gasteiger partial charge in [-0.15, -0.1) is 0 Å². The highest BCUT2D eigenvalue weighted by Gasteiger charge is 2.30. The second-order valence-electron chi connectivity index (χ2n) is 7.13. The number of amides is 4. The van der Waals surface area contributed by atoms with Crippen LogP contribution in [0.4, 0.5) is 0 Å². The lowest BCUT2D eigenvalue weighted by molar-refractivity contribution is -0.141. The van der Waals surface area contributed by atoms with E-state index in [1.165, 1.54) is 0 Å². The largest absolute Gasteiger partial charge is 0.480 e. The van der Waals surface area contributed by atoms with Crippen molar-refractivity contribution in [3.05, 3.63) is 0 Å². The van der Waals surface area contributed by atoms with Crippen molar-refractivity contribution in [3.63, 3.8) is 0 Å². The number of aliphatic carboxylic acids is 1.